The molecule has 9 heteroatoms. The van der Waals surface area contributed by atoms with Crippen molar-refractivity contribution < 1.29 is 23.9 Å². The summed E-state index contributed by atoms with van der Waals surface area (Å²) in [5, 5.41) is 6.08. The lowest BCUT2D eigenvalue weighted by Gasteiger charge is -2.14. The molecular weight excluding hydrogens is 532 g/mol. The highest BCUT2D eigenvalue weighted by Gasteiger charge is 2.27. The van der Waals surface area contributed by atoms with Crippen LogP contribution in [0, 0.1) is 0 Å². The number of anilines is 2. The first-order valence-electron chi connectivity index (χ1n) is 13.2. The summed E-state index contributed by atoms with van der Waals surface area (Å²) in [5.74, 6) is -0.107. The monoisotopic (exact) mass is 566 g/mol. The maximum atomic E-state index is 13.2. The predicted molar refractivity (Wildman–Crippen MR) is 157 cm³/mol. The molecule has 2 amide bonds. The highest BCUT2D eigenvalue weighted by atomic mass is 32.2. The second-order valence-corrected chi connectivity index (χ2v) is 11.8. The minimum Gasteiger partial charge on any atom is -0.497 e. The van der Waals surface area contributed by atoms with Crippen LogP contribution < -0.4 is 15.4 Å². The van der Waals surface area contributed by atoms with E-state index in [1.165, 1.54) is 34.4 Å². The van der Waals surface area contributed by atoms with E-state index >= 15 is 0 Å². The SMILES string of the molecule is CCOC(=O)c1c(NC(=O)C(C)Sc2cccc(NC(=O)c3ccc(OC)cc3)c2)sc2c1CCCCCC2. The lowest BCUT2D eigenvalue weighted by atomic mass is 9.96. The van der Waals surface area contributed by atoms with E-state index in [2.05, 4.69) is 10.6 Å². The van der Waals surface area contributed by atoms with E-state index in [0.29, 0.717) is 27.6 Å². The number of fused-ring (bicyclic) bond motifs is 1. The average molecular weight is 567 g/mol. The molecule has 1 unspecified atom stereocenters. The zero-order chi connectivity index (χ0) is 27.8. The Morgan fingerprint density at radius 2 is 1.74 bits per heavy atom. The van der Waals surface area contributed by atoms with Gasteiger partial charge in [-0.1, -0.05) is 18.9 Å². The summed E-state index contributed by atoms with van der Waals surface area (Å²) in [6.45, 7) is 3.91. The third-order valence-electron chi connectivity index (χ3n) is 6.51. The summed E-state index contributed by atoms with van der Waals surface area (Å²) < 4.78 is 10.5. The molecule has 0 saturated heterocycles. The van der Waals surface area contributed by atoms with Gasteiger partial charge in [0.25, 0.3) is 5.91 Å². The molecule has 1 aromatic heterocycles. The Morgan fingerprint density at radius 1 is 1.00 bits per heavy atom. The number of hydrogen-bond donors (Lipinski definition) is 2. The number of thiophene rings is 1. The van der Waals surface area contributed by atoms with E-state index in [-0.39, 0.29) is 24.4 Å². The third-order valence-corrected chi connectivity index (χ3v) is 8.81. The quantitative estimate of drug-likeness (QED) is 0.215. The van der Waals surface area contributed by atoms with Crippen molar-refractivity contribution in [2.24, 2.45) is 0 Å². The smallest absolute Gasteiger partial charge is 0.341 e. The van der Waals surface area contributed by atoms with Crippen LogP contribution in [0.25, 0.3) is 0 Å². The van der Waals surface area contributed by atoms with Crippen molar-refractivity contribution in [3.05, 3.63) is 70.1 Å². The number of hydrogen-bond acceptors (Lipinski definition) is 7. The van der Waals surface area contributed by atoms with Gasteiger partial charge in [-0.05, 0) is 87.6 Å². The summed E-state index contributed by atoms with van der Waals surface area (Å²) in [6, 6.07) is 14.3. The molecule has 0 spiro atoms. The fourth-order valence-corrected chi connectivity index (χ4v) is 6.70. The van der Waals surface area contributed by atoms with Crippen molar-refractivity contribution in [1.29, 1.82) is 0 Å². The standard InChI is InChI=1S/C30H34N2O5S2/c1-4-37-30(35)26-24-12-7-5-6-8-13-25(24)39-29(26)32-27(33)19(2)38-23-11-9-10-21(18-23)31-28(34)20-14-16-22(36-3)17-15-20/h9-11,14-19H,4-8,12-13H2,1-3H3,(H,31,34)(H,32,33). The Bertz CT molecular complexity index is 1320. The molecule has 0 fully saturated rings. The lowest BCUT2D eigenvalue weighted by molar-refractivity contribution is -0.115. The van der Waals surface area contributed by atoms with Gasteiger partial charge in [0.2, 0.25) is 5.91 Å². The second kappa shape index (κ2) is 13.7. The van der Waals surface area contributed by atoms with Crippen LogP contribution in [0.3, 0.4) is 0 Å². The van der Waals surface area contributed by atoms with Crippen LogP contribution in [0.1, 0.15) is 70.7 Å². The van der Waals surface area contributed by atoms with Gasteiger partial charge in [-0.25, -0.2) is 4.79 Å². The largest absolute Gasteiger partial charge is 0.497 e. The summed E-state index contributed by atoms with van der Waals surface area (Å²) in [6.07, 6.45) is 6.19. The van der Waals surface area contributed by atoms with Crippen LogP contribution in [0.15, 0.2) is 53.4 Å². The van der Waals surface area contributed by atoms with E-state index in [9.17, 15) is 14.4 Å². The van der Waals surface area contributed by atoms with Crippen LogP contribution in [-0.4, -0.2) is 36.8 Å². The van der Waals surface area contributed by atoms with Gasteiger partial charge in [0.15, 0.2) is 0 Å². The number of carbonyl (C=O) groups is 3. The van der Waals surface area contributed by atoms with Crippen LogP contribution in [0.4, 0.5) is 10.7 Å². The van der Waals surface area contributed by atoms with Gasteiger partial charge in [-0.2, -0.15) is 0 Å². The zero-order valence-corrected chi connectivity index (χ0v) is 24.1. The zero-order valence-electron chi connectivity index (χ0n) is 22.5. The van der Waals surface area contributed by atoms with Crippen molar-refractivity contribution in [2.45, 2.75) is 62.5 Å². The van der Waals surface area contributed by atoms with Gasteiger partial charge >= 0.3 is 5.97 Å². The minimum atomic E-state index is -0.433. The molecule has 1 aliphatic carbocycles. The van der Waals surface area contributed by atoms with Gasteiger partial charge in [-0.3, -0.25) is 9.59 Å². The highest BCUT2D eigenvalue weighted by Crippen LogP contribution is 2.38. The normalized spacial score (nSPS) is 13.8. The van der Waals surface area contributed by atoms with E-state index in [0.717, 1.165) is 42.6 Å². The van der Waals surface area contributed by atoms with Crippen molar-refractivity contribution in [2.75, 3.05) is 24.4 Å². The molecule has 0 bridgehead atoms. The van der Waals surface area contributed by atoms with E-state index in [1.54, 1.807) is 38.3 Å². The van der Waals surface area contributed by atoms with E-state index in [1.807, 2.05) is 31.2 Å². The Kier molecular flexibility index (Phi) is 10.1. The van der Waals surface area contributed by atoms with Crippen LogP contribution in [0.2, 0.25) is 0 Å². The fourth-order valence-electron chi connectivity index (χ4n) is 4.49. The van der Waals surface area contributed by atoms with Crippen LogP contribution in [-0.2, 0) is 22.4 Å². The first-order chi connectivity index (χ1) is 18.9. The summed E-state index contributed by atoms with van der Waals surface area (Å²) in [5.41, 5.74) is 2.71. The first-order valence-corrected chi connectivity index (χ1v) is 14.9. The number of ether oxygens (including phenoxy) is 2. The summed E-state index contributed by atoms with van der Waals surface area (Å²) >= 11 is 2.89. The number of aryl methyl sites for hydroxylation is 1. The van der Waals surface area contributed by atoms with Crippen LogP contribution >= 0.6 is 23.1 Å². The van der Waals surface area contributed by atoms with Crippen LogP contribution in [0.5, 0.6) is 5.75 Å². The number of methoxy groups -OCH3 is 1. The van der Waals surface area contributed by atoms with Gasteiger partial charge in [0.05, 0.1) is 24.5 Å². The maximum Gasteiger partial charge on any atom is 0.341 e. The molecule has 2 aromatic carbocycles. The number of amides is 2. The lowest BCUT2D eigenvalue weighted by Crippen LogP contribution is -2.23. The molecule has 39 heavy (non-hydrogen) atoms. The molecule has 1 aliphatic rings. The molecule has 0 saturated carbocycles. The first kappa shape index (κ1) is 28.7. The molecule has 2 N–H and O–H groups in total. The number of benzene rings is 2. The van der Waals surface area contributed by atoms with E-state index < -0.39 is 5.25 Å². The predicted octanol–water partition coefficient (Wildman–Crippen LogP) is 6.96. The molecular formula is C30H34N2O5S2. The van der Waals surface area contributed by atoms with Crippen molar-refractivity contribution >= 4 is 51.6 Å². The maximum absolute atomic E-state index is 13.2. The van der Waals surface area contributed by atoms with Gasteiger partial charge in [0.1, 0.15) is 10.8 Å². The Labute approximate surface area is 237 Å². The molecule has 3 aromatic rings. The number of rotatable bonds is 9. The van der Waals surface area contributed by atoms with Gasteiger partial charge in [0, 0.05) is 21.0 Å². The second-order valence-electron chi connectivity index (χ2n) is 9.30. The molecule has 0 radical (unpaired) electrons. The Hall–Kier alpha value is -3.30. The average Bonchev–Trinajstić information content (AvgIpc) is 3.24. The van der Waals surface area contributed by atoms with E-state index in [4.69, 9.17) is 9.47 Å². The van der Waals surface area contributed by atoms with Crippen molar-refractivity contribution in [1.82, 2.24) is 0 Å². The van der Waals surface area contributed by atoms with Crippen molar-refractivity contribution in [3.8, 4) is 5.75 Å². The Balaban J connectivity index is 1.44. The number of nitrogens with one attached hydrogen (secondary N) is 2. The Morgan fingerprint density at radius 3 is 2.46 bits per heavy atom. The molecule has 4 rings (SSSR count). The number of esters is 1. The van der Waals surface area contributed by atoms with Gasteiger partial charge < -0.3 is 20.1 Å². The minimum absolute atomic E-state index is 0.188. The third kappa shape index (κ3) is 7.42. The summed E-state index contributed by atoms with van der Waals surface area (Å²) in [4.78, 5) is 40.8. The molecule has 0 aliphatic heterocycles. The molecule has 7 nitrogen and oxygen atoms in total. The molecule has 1 heterocycles. The highest BCUT2D eigenvalue weighted by molar-refractivity contribution is 8.00. The summed E-state index contributed by atoms with van der Waals surface area (Å²) in [7, 11) is 1.58. The topological polar surface area (TPSA) is 93.7 Å². The molecule has 206 valence electrons. The fraction of sp³-hybridized carbons (Fsp3) is 0.367. The molecule has 1 atom stereocenters. The van der Waals surface area contributed by atoms with Crippen molar-refractivity contribution in [3.63, 3.8) is 0 Å². The number of carbonyl (C=O) groups excluding carboxylic acids is 3. The number of thioether (sulfide) groups is 1. The van der Waals surface area contributed by atoms with Gasteiger partial charge in [-0.15, -0.1) is 23.1 Å².